The van der Waals surface area contributed by atoms with Crippen LogP contribution in [0.2, 0.25) is 0 Å². The molecule has 1 aromatic heterocycles. The zero-order valence-electron chi connectivity index (χ0n) is 17.1. The molecule has 4 aromatic rings. The van der Waals surface area contributed by atoms with E-state index < -0.39 is 0 Å². The number of carbonyl (C=O) groups is 1. The molecule has 0 aliphatic rings. The average Bonchev–Trinajstić information content (AvgIpc) is 3.20. The molecule has 8 heteroatoms. The summed E-state index contributed by atoms with van der Waals surface area (Å²) in [6.45, 7) is 0.627. The van der Waals surface area contributed by atoms with Gasteiger partial charge in [-0.25, -0.2) is 0 Å². The number of halogens is 1. The Bertz CT molecular complexity index is 1210. The molecule has 3 aromatic carbocycles. The van der Waals surface area contributed by atoms with Gasteiger partial charge in [-0.05, 0) is 64.9 Å². The maximum Gasteiger partial charge on any atom is 0.234 e. The van der Waals surface area contributed by atoms with Crippen molar-refractivity contribution in [2.45, 2.75) is 18.1 Å². The van der Waals surface area contributed by atoms with Crippen LogP contribution in [0.25, 0.3) is 11.4 Å². The van der Waals surface area contributed by atoms with Gasteiger partial charge in [-0.15, -0.1) is 10.2 Å². The van der Waals surface area contributed by atoms with Crippen molar-refractivity contribution < 1.29 is 9.90 Å². The zero-order chi connectivity index (χ0) is 22.3. The van der Waals surface area contributed by atoms with Gasteiger partial charge in [0.1, 0.15) is 5.75 Å². The van der Waals surface area contributed by atoms with Crippen LogP contribution in [0.4, 0.5) is 5.69 Å². The summed E-state index contributed by atoms with van der Waals surface area (Å²) in [5.41, 5.74) is 2.57. The van der Waals surface area contributed by atoms with Gasteiger partial charge in [0.05, 0.1) is 11.3 Å². The number of aromatic hydroxyl groups is 1. The molecule has 1 heterocycles. The van der Waals surface area contributed by atoms with Crippen LogP contribution in [-0.4, -0.2) is 31.5 Å². The van der Waals surface area contributed by atoms with Crippen molar-refractivity contribution in [3.05, 3.63) is 88.0 Å². The number of amides is 1. The number of phenolic OH excluding ortho intramolecular Hbond substituents is 1. The van der Waals surface area contributed by atoms with E-state index in [4.69, 9.17) is 0 Å². The zero-order valence-corrected chi connectivity index (χ0v) is 20.1. The normalized spacial score (nSPS) is 10.8. The summed E-state index contributed by atoms with van der Waals surface area (Å²) in [5, 5.41) is 22.5. The monoisotopic (exact) mass is 556 g/mol. The van der Waals surface area contributed by atoms with Gasteiger partial charge in [-0.1, -0.05) is 60.3 Å². The molecule has 162 valence electrons. The van der Waals surface area contributed by atoms with Crippen LogP contribution in [-0.2, 0) is 17.8 Å². The first kappa shape index (κ1) is 22.3. The second-order valence-electron chi connectivity index (χ2n) is 7.06. The number of aryl methyl sites for hydroxylation is 1. The number of hydrogen-bond acceptors (Lipinski definition) is 5. The minimum Gasteiger partial charge on any atom is -0.507 e. The van der Waals surface area contributed by atoms with Crippen molar-refractivity contribution in [2.24, 2.45) is 0 Å². The summed E-state index contributed by atoms with van der Waals surface area (Å²) in [7, 11) is 0. The number of para-hydroxylation sites is 1. The van der Waals surface area contributed by atoms with E-state index in [9.17, 15) is 9.90 Å². The molecule has 0 aliphatic heterocycles. The number of rotatable bonds is 8. The van der Waals surface area contributed by atoms with E-state index in [1.54, 1.807) is 12.1 Å². The predicted molar refractivity (Wildman–Crippen MR) is 136 cm³/mol. The van der Waals surface area contributed by atoms with Gasteiger partial charge in [0.25, 0.3) is 0 Å². The lowest BCUT2D eigenvalue weighted by molar-refractivity contribution is -0.113. The lowest BCUT2D eigenvalue weighted by Gasteiger charge is -2.11. The number of phenols is 1. The maximum atomic E-state index is 12.5. The molecule has 0 saturated heterocycles. The number of anilines is 1. The summed E-state index contributed by atoms with van der Waals surface area (Å²) < 4.78 is 3.02. The Hall–Kier alpha value is -2.85. The molecule has 0 aliphatic carbocycles. The largest absolute Gasteiger partial charge is 0.507 e. The van der Waals surface area contributed by atoms with Crippen LogP contribution in [0.3, 0.4) is 0 Å². The first-order chi connectivity index (χ1) is 15.6. The first-order valence-electron chi connectivity index (χ1n) is 10.0. The molecule has 32 heavy (non-hydrogen) atoms. The number of hydrogen-bond donors (Lipinski definition) is 2. The molecule has 1 amide bonds. The summed E-state index contributed by atoms with van der Waals surface area (Å²) in [4.78, 5) is 12.5. The number of nitrogens with zero attached hydrogens (tertiary/aromatic N) is 3. The highest BCUT2D eigenvalue weighted by atomic mass is 127. The molecule has 4 rings (SSSR count). The van der Waals surface area contributed by atoms with Crippen LogP contribution in [0, 0.1) is 3.57 Å². The number of aromatic nitrogens is 3. The highest BCUT2D eigenvalue weighted by Crippen LogP contribution is 2.30. The maximum absolute atomic E-state index is 12.5. The van der Waals surface area contributed by atoms with E-state index in [1.165, 1.54) is 17.3 Å². The van der Waals surface area contributed by atoms with Crippen LogP contribution < -0.4 is 5.32 Å². The molecule has 0 spiro atoms. The average molecular weight is 556 g/mol. The molecule has 0 bridgehead atoms. The standard InChI is InChI=1S/C24H21IN4O2S/c25-18-9-6-10-19(15-18)26-22(31)16-32-24-28-27-23(20-11-4-5-12-21(20)30)29(24)14-13-17-7-2-1-3-8-17/h1-12,15,30H,13-14,16H2,(H,26,31). The number of nitrogens with one attached hydrogen (secondary N) is 1. The molecular formula is C24H21IN4O2S. The van der Waals surface area contributed by atoms with Gasteiger partial charge in [-0.2, -0.15) is 0 Å². The molecule has 2 N–H and O–H groups in total. The van der Waals surface area contributed by atoms with E-state index in [2.05, 4.69) is 50.2 Å². The van der Waals surface area contributed by atoms with Crippen molar-refractivity contribution in [1.82, 2.24) is 14.8 Å². The third kappa shape index (κ3) is 5.68. The quantitative estimate of drug-likeness (QED) is 0.230. The molecule has 0 atom stereocenters. The third-order valence-electron chi connectivity index (χ3n) is 4.77. The predicted octanol–water partition coefficient (Wildman–Crippen LogP) is 5.23. The SMILES string of the molecule is O=C(CSc1nnc(-c2ccccc2O)n1CCc1ccccc1)Nc1cccc(I)c1. The summed E-state index contributed by atoms with van der Waals surface area (Å²) >= 11 is 3.54. The Balaban J connectivity index is 1.53. The molecule has 6 nitrogen and oxygen atoms in total. The Morgan fingerprint density at radius 3 is 2.56 bits per heavy atom. The lowest BCUT2D eigenvalue weighted by Crippen LogP contribution is -2.15. The fourth-order valence-corrected chi connectivity index (χ4v) is 4.55. The summed E-state index contributed by atoms with van der Waals surface area (Å²) in [6.07, 6.45) is 0.779. The van der Waals surface area contributed by atoms with Gasteiger partial charge in [-0.3, -0.25) is 4.79 Å². The molecule has 0 fully saturated rings. The fourth-order valence-electron chi connectivity index (χ4n) is 3.24. The van der Waals surface area contributed by atoms with E-state index >= 15 is 0 Å². The van der Waals surface area contributed by atoms with Crippen LogP contribution in [0.1, 0.15) is 5.56 Å². The van der Waals surface area contributed by atoms with Crippen molar-refractivity contribution in [1.29, 1.82) is 0 Å². The van der Waals surface area contributed by atoms with E-state index in [-0.39, 0.29) is 17.4 Å². The third-order valence-corrected chi connectivity index (χ3v) is 6.41. The smallest absolute Gasteiger partial charge is 0.234 e. The number of thioether (sulfide) groups is 1. The van der Waals surface area contributed by atoms with Crippen LogP contribution >= 0.6 is 34.4 Å². The molecule has 0 unspecified atom stereocenters. The first-order valence-corrected chi connectivity index (χ1v) is 12.1. The van der Waals surface area contributed by atoms with Crippen molar-refractivity contribution >= 4 is 45.9 Å². The van der Waals surface area contributed by atoms with Gasteiger partial charge in [0, 0.05) is 15.8 Å². The van der Waals surface area contributed by atoms with Crippen molar-refractivity contribution in [3.63, 3.8) is 0 Å². The van der Waals surface area contributed by atoms with Gasteiger partial charge >= 0.3 is 0 Å². The van der Waals surface area contributed by atoms with Gasteiger partial charge in [0.2, 0.25) is 5.91 Å². The Labute approximate surface area is 204 Å². The Morgan fingerprint density at radius 2 is 1.78 bits per heavy atom. The summed E-state index contributed by atoms with van der Waals surface area (Å²) in [6, 6.07) is 24.9. The second-order valence-corrected chi connectivity index (χ2v) is 9.25. The van der Waals surface area contributed by atoms with Crippen LogP contribution in [0.15, 0.2) is 84.0 Å². The van der Waals surface area contributed by atoms with Gasteiger partial charge < -0.3 is 15.0 Å². The minimum atomic E-state index is -0.112. The fraction of sp³-hybridized carbons (Fsp3) is 0.125. The summed E-state index contributed by atoms with van der Waals surface area (Å²) in [5.74, 6) is 0.822. The van der Waals surface area contributed by atoms with Crippen LogP contribution in [0.5, 0.6) is 5.75 Å². The second kappa shape index (κ2) is 10.6. The van der Waals surface area contributed by atoms with Crippen molar-refractivity contribution in [3.8, 4) is 17.1 Å². The Morgan fingerprint density at radius 1 is 1.00 bits per heavy atom. The topological polar surface area (TPSA) is 80.0 Å². The molecule has 0 radical (unpaired) electrons. The van der Waals surface area contributed by atoms with E-state index in [0.717, 1.165) is 15.7 Å². The number of carbonyl (C=O) groups excluding carboxylic acids is 1. The van der Waals surface area contributed by atoms with Gasteiger partial charge in [0.15, 0.2) is 11.0 Å². The van der Waals surface area contributed by atoms with Crippen molar-refractivity contribution in [2.75, 3.05) is 11.1 Å². The number of benzene rings is 3. The molecule has 0 saturated carbocycles. The van der Waals surface area contributed by atoms with E-state index in [0.29, 0.717) is 23.1 Å². The Kier molecular flexibility index (Phi) is 7.43. The molecular weight excluding hydrogens is 535 g/mol. The van der Waals surface area contributed by atoms with E-state index in [1.807, 2.05) is 59.2 Å². The highest BCUT2D eigenvalue weighted by Gasteiger charge is 2.18. The minimum absolute atomic E-state index is 0.112. The highest BCUT2D eigenvalue weighted by molar-refractivity contribution is 14.1. The lowest BCUT2D eigenvalue weighted by atomic mass is 10.1.